The van der Waals surface area contributed by atoms with Crippen molar-refractivity contribution >= 4 is 12.1 Å². The standard InChI is InChI=1S/C15H16FN3O/c1-11(2)19-8-7-12(10-19)9-17-18-15(20)13-5-3-4-6-14(13)16/h3-11H,1-2H3,(H,18,20)/b17-9-. The number of aromatic nitrogens is 1. The van der Waals surface area contributed by atoms with Gasteiger partial charge in [0.2, 0.25) is 0 Å². The molecule has 1 aromatic heterocycles. The minimum Gasteiger partial charge on any atom is -0.351 e. The van der Waals surface area contributed by atoms with Crippen LogP contribution in [0.1, 0.15) is 35.8 Å². The number of hydrazone groups is 1. The minimum atomic E-state index is -0.567. The van der Waals surface area contributed by atoms with Crippen molar-refractivity contribution in [1.29, 1.82) is 0 Å². The van der Waals surface area contributed by atoms with Crippen LogP contribution in [0.2, 0.25) is 0 Å². The third-order valence-electron chi connectivity index (χ3n) is 2.83. The summed E-state index contributed by atoms with van der Waals surface area (Å²) in [5, 5.41) is 3.83. The second-order valence-corrected chi connectivity index (χ2v) is 4.66. The lowest BCUT2D eigenvalue weighted by Gasteiger charge is -2.04. The second-order valence-electron chi connectivity index (χ2n) is 4.66. The lowest BCUT2D eigenvalue weighted by atomic mass is 10.2. The largest absolute Gasteiger partial charge is 0.351 e. The normalized spacial score (nSPS) is 11.2. The lowest BCUT2D eigenvalue weighted by Crippen LogP contribution is -2.18. The zero-order valence-electron chi connectivity index (χ0n) is 11.4. The number of hydrogen-bond donors (Lipinski definition) is 1. The predicted molar refractivity (Wildman–Crippen MR) is 76.3 cm³/mol. The highest BCUT2D eigenvalue weighted by Crippen LogP contribution is 2.07. The van der Waals surface area contributed by atoms with E-state index in [9.17, 15) is 9.18 Å². The Balaban J connectivity index is 1.99. The van der Waals surface area contributed by atoms with Crippen LogP contribution in [0, 0.1) is 5.82 Å². The molecule has 1 heterocycles. The van der Waals surface area contributed by atoms with E-state index in [-0.39, 0.29) is 5.56 Å². The van der Waals surface area contributed by atoms with E-state index in [4.69, 9.17) is 0 Å². The molecule has 1 aromatic carbocycles. The molecule has 20 heavy (non-hydrogen) atoms. The second kappa shape index (κ2) is 6.14. The molecule has 1 N–H and O–H groups in total. The maximum absolute atomic E-state index is 13.4. The zero-order chi connectivity index (χ0) is 14.5. The summed E-state index contributed by atoms with van der Waals surface area (Å²) >= 11 is 0. The number of nitrogens with one attached hydrogen (secondary N) is 1. The molecule has 0 aliphatic rings. The average Bonchev–Trinajstić information content (AvgIpc) is 2.88. The number of amides is 1. The van der Waals surface area contributed by atoms with Crippen LogP contribution in [-0.4, -0.2) is 16.7 Å². The van der Waals surface area contributed by atoms with E-state index >= 15 is 0 Å². The third-order valence-corrected chi connectivity index (χ3v) is 2.83. The van der Waals surface area contributed by atoms with E-state index in [1.807, 2.05) is 23.0 Å². The fourth-order valence-corrected chi connectivity index (χ4v) is 1.70. The van der Waals surface area contributed by atoms with Crippen molar-refractivity contribution < 1.29 is 9.18 Å². The molecular weight excluding hydrogens is 257 g/mol. The van der Waals surface area contributed by atoms with Gasteiger partial charge in [-0.15, -0.1) is 0 Å². The average molecular weight is 273 g/mol. The Hall–Kier alpha value is -2.43. The Morgan fingerprint density at radius 2 is 2.10 bits per heavy atom. The number of halogens is 1. The first kappa shape index (κ1) is 14.0. The zero-order valence-corrected chi connectivity index (χ0v) is 11.4. The van der Waals surface area contributed by atoms with Gasteiger partial charge >= 0.3 is 0 Å². The molecule has 0 aliphatic carbocycles. The highest BCUT2D eigenvalue weighted by molar-refractivity contribution is 5.95. The SMILES string of the molecule is CC(C)n1ccc(/C=N\NC(=O)c2ccccc2F)c1. The van der Waals surface area contributed by atoms with E-state index in [1.54, 1.807) is 6.07 Å². The minimum absolute atomic E-state index is 0.0237. The molecule has 2 rings (SSSR count). The molecule has 2 aromatic rings. The molecular formula is C15H16FN3O. The van der Waals surface area contributed by atoms with Crippen molar-refractivity contribution in [2.24, 2.45) is 5.10 Å². The molecule has 4 nitrogen and oxygen atoms in total. The first-order valence-electron chi connectivity index (χ1n) is 6.33. The molecule has 5 heteroatoms. The maximum Gasteiger partial charge on any atom is 0.274 e. The Morgan fingerprint density at radius 1 is 1.35 bits per heavy atom. The molecule has 104 valence electrons. The fourth-order valence-electron chi connectivity index (χ4n) is 1.70. The van der Waals surface area contributed by atoms with Crippen LogP contribution in [0.5, 0.6) is 0 Å². The van der Waals surface area contributed by atoms with E-state index < -0.39 is 11.7 Å². The van der Waals surface area contributed by atoms with Gasteiger partial charge in [0.25, 0.3) is 5.91 Å². The molecule has 0 radical (unpaired) electrons. The summed E-state index contributed by atoms with van der Waals surface area (Å²) in [5.41, 5.74) is 3.15. The summed E-state index contributed by atoms with van der Waals surface area (Å²) in [4.78, 5) is 11.7. The summed E-state index contributed by atoms with van der Waals surface area (Å²) in [6.45, 7) is 4.14. The molecule has 1 amide bonds. The Bertz CT molecular complexity index is 632. The highest BCUT2D eigenvalue weighted by Gasteiger charge is 2.09. The number of carbonyl (C=O) groups is 1. The van der Waals surface area contributed by atoms with Gasteiger partial charge in [0.15, 0.2) is 0 Å². The summed E-state index contributed by atoms with van der Waals surface area (Å²) in [7, 11) is 0. The van der Waals surface area contributed by atoms with Crippen molar-refractivity contribution in [1.82, 2.24) is 9.99 Å². The van der Waals surface area contributed by atoms with Crippen molar-refractivity contribution in [3.63, 3.8) is 0 Å². The van der Waals surface area contributed by atoms with Crippen LogP contribution in [0.25, 0.3) is 0 Å². The molecule has 0 spiro atoms. The summed E-state index contributed by atoms with van der Waals surface area (Å²) < 4.78 is 15.4. The summed E-state index contributed by atoms with van der Waals surface area (Å²) in [6.07, 6.45) is 5.38. The molecule has 0 saturated heterocycles. The van der Waals surface area contributed by atoms with Gasteiger partial charge in [-0.2, -0.15) is 5.10 Å². The summed E-state index contributed by atoms with van der Waals surface area (Å²) in [6, 6.07) is 8.04. The fraction of sp³-hybridized carbons (Fsp3) is 0.200. The van der Waals surface area contributed by atoms with Crippen LogP contribution < -0.4 is 5.43 Å². The quantitative estimate of drug-likeness (QED) is 0.675. The first-order valence-corrected chi connectivity index (χ1v) is 6.33. The number of nitrogens with zero attached hydrogens (tertiary/aromatic N) is 2. The van der Waals surface area contributed by atoms with Gasteiger partial charge in [-0.25, -0.2) is 9.82 Å². The van der Waals surface area contributed by atoms with Crippen LogP contribution in [0.4, 0.5) is 4.39 Å². The lowest BCUT2D eigenvalue weighted by molar-refractivity contribution is 0.0951. The predicted octanol–water partition coefficient (Wildman–Crippen LogP) is 2.97. The van der Waals surface area contributed by atoms with Gasteiger partial charge in [-0.05, 0) is 32.0 Å². The van der Waals surface area contributed by atoms with Gasteiger partial charge in [-0.1, -0.05) is 12.1 Å². The smallest absolute Gasteiger partial charge is 0.274 e. The Labute approximate surface area is 116 Å². The highest BCUT2D eigenvalue weighted by atomic mass is 19.1. The van der Waals surface area contributed by atoms with Gasteiger partial charge in [0.1, 0.15) is 5.82 Å². The summed E-state index contributed by atoms with van der Waals surface area (Å²) in [5.74, 6) is -1.13. The topological polar surface area (TPSA) is 46.4 Å². The van der Waals surface area contributed by atoms with Gasteiger partial charge in [-0.3, -0.25) is 4.79 Å². The van der Waals surface area contributed by atoms with Gasteiger partial charge in [0.05, 0.1) is 11.8 Å². The number of hydrogen-bond acceptors (Lipinski definition) is 2. The van der Waals surface area contributed by atoms with Crippen LogP contribution in [0.3, 0.4) is 0 Å². The van der Waals surface area contributed by atoms with E-state index in [2.05, 4.69) is 24.4 Å². The van der Waals surface area contributed by atoms with E-state index in [1.165, 1.54) is 24.4 Å². The molecule has 0 saturated carbocycles. The van der Waals surface area contributed by atoms with Crippen molar-refractivity contribution in [3.8, 4) is 0 Å². The molecule has 0 bridgehead atoms. The van der Waals surface area contributed by atoms with Crippen LogP contribution in [0.15, 0.2) is 47.8 Å². The van der Waals surface area contributed by atoms with E-state index in [0.29, 0.717) is 6.04 Å². The van der Waals surface area contributed by atoms with Gasteiger partial charge < -0.3 is 4.57 Å². The first-order chi connectivity index (χ1) is 9.58. The van der Waals surface area contributed by atoms with Crippen LogP contribution in [-0.2, 0) is 0 Å². The third kappa shape index (κ3) is 3.32. The molecule has 0 aliphatic heterocycles. The maximum atomic E-state index is 13.4. The monoisotopic (exact) mass is 273 g/mol. The molecule has 0 atom stereocenters. The number of benzene rings is 1. The van der Waals surface area contributed by atoms with Gasteiger partial charge in [0, 0.05) is 24.0 Å². The number of rotatable bonds is 4. The Kier molecular flexibility index (Phi) is 4.30. The van der Waals surface area contributed by atoms with Crippen LogP contribution >= 0.6 is 0 Å². The molecule has 0 unspecified atom stereocenters. The van der Waals surface area contributed by atoms with Crippen molar-refractivity contribution in [2.75, 3.05) is 0 Å². The molecule has 0 fully saturated rings. The number of carbonyl (C=O) groups excluding carboxylic acids is 1. The van der Waals surface area contributed by atoms with Crippen molar-refractivity contribution in [3.05, 3.63) is 59.7 Å². The van der Waals surface area contributed by atoms with Crippen molar-refractivity contribution in [2.45, 2.75) is 19.9 Å². The van der Waals surface area contributed by atoms with E-state index in [0.717, 1.165) is 5.56 Å². The Morgan fingerprint density at radius 3 is 2.75 bits per heavy atom.